The van der Waals surface area contributed by atoms with Crippen LogP contribution in [0.5, 0.6) is 0 Å². The van der Waals surface area contributed by atoms with Crippen LogP contribution >= 0.6 is 22.7 Å². The number of aromatic nitrogens is 2. The highest BCUT2D eigenvalue weighted by molar-refractivity contribution is 7.36. The second kappa shape index (κ2) is 9.73. The molecule has 2 aromatic carbocycles. The fourth-order valence-electron chi connectivity index (χ4n) is 6.38. The number of hydrogen-bond acceptors (Lipinski definition) is 6. The van der Waals surface area contributed by atoms with Gasteiger partial charge >= 0.3 is 12.4 Å². The molecular formula is C34H16F6N2O4S2. The van der Waals surface area contributed by atoms with Crippen LogP contribution in [-0.2, 0) is 36.0 Å². The Morgan fingerprint density at radius 2 is 0.917 bits per heavy atom. The molecule has 14 heteroatoms. The van der Waals surface area contributed by atoms with Crippen molar-refractivity contribution in [3.05, 3.63) is 93.3 Å². The highest BCUT2D eigenvalue weighted by atomic mass is 32.1. The van der Waals surface area contributed by atoms with E-state index in [4.69, 9.17) is 0 Å². The number of fused-ring (bicyclic) bond motifs is 7. The van der Waals surface area contributed by atoms with Crippen LogP contribution in [0.15, 0.2) is 48.5 Å². The molecule has 0 saturated heterocycles. The molecule has 6 nitrogen and oxygen atoms in total. The van der Waals surface area contributed by atoms with Crippen molar-refractivity contribution in [3.63, 3.8) is 0 Å². The molecule has 2 aliphatic carbocycles. The van der Waals surface area contributed by atoms with Gasteiger partial charge in [0.05, 0.1) is 41.0 Å². The lowest BCUT2D eigenvalue weighted by Gasteiger charge is -2.08. The largest absolute Gasteiger partial charge is 0.416 e. The van der Waals surface area contributed by atoms with Crippen LogP contribution in [0.2, 0.25) is 0 Å². The summed E-state index contributed by atoms with van der Waals surface area (Å²) in [4.78, 5) is 50.9. The van der Waals surface area contributed by atoms with Crippen LogP contribution in [-0.4, -0.2) is 32.3 Å². The molecule has 0 radical (unpaired) electrons. The molecule has 0 amide bonds. The number of allylic oxidation sites excluding steroid dienone is 2. The fourth-order valence-corrected chi connectivity index (χ4v) is 9.29. The molecule has 0 unspecified atom stereocenters. The Balaban J connectivity index is 1.20. The van der Waals surface area contributed by atoms with Crippen molar-refractivity contribution in [2.75, 3.05) is 0 Å². The molecule has 0 fully saturated rings. The van der Waals surface area contributed by atoms with E-state index in [1.165, 1.54) is 34.8 Å². The minimum atomic E-state index is -4.66. The van der Waals surface area contributed by atoms with E-state index in [1.54, 1.807) is 14.1 Å². The summed E-state index contributed by atoms with van der Waals surface area (Å²) in [6, 6.07) is 9.02. The summed E-state index contributed by atoms with van der Waals surface area (Å²) >= 11 is 2.92. The first kappa shape index (κ1) is 30.3. The summed E-state index contributed by atoms with van der Waals surface area (Å²) < 4.78 is 86.6. The van der Waals surface area contributed by atoms with E-state index >= 15 is 0 Å². The maximum atomic E-state index is 13.2. The lowest BCUT2D eigenvalue weighted by Crippen LogP contribution is -2.08. The maximum Gasteiger partial charge on any atom is 0.416 e. The van der Waals surface area contributed by atoms with E-state index in [1.807, 2.05) is 21.3 Å². The van der Waals surface area contributed by atoms with Crippen LogP contribution in [0.4, 0.5) is 26.3 Å². The number of carbonyl (C=O) groups is 4. The summed E-state index contributed by atoms with van der Waals surface area (Å²) in [7, 11) is 3.56. The number of nitrogens with zero attached hydrogens (tertiary/aromatic N) is 2. The van der Waals surface area contributed by atoms with E-state index in [0.717, 1.165) is 54.1 Å². The van der Waals surface area contributed by atoms with Gasteiger partial charge in [0, 0.05) is 47.8 Å². The topological polar surface area (TPSA) is 78.1 Å². The average molecular weight is 695 g/mol. The minimum Gasteiger partial charge on any atom is -0.342 e. The van der Waals surface area contributed by atoms with Crippen molar-refractivity contribution in [1.29, 1.82) is 0 Å². The summed E-state index contributed by atoms with van der Waals surface area (Å²) in [5.74, 6) is -3.75. The van der Waals surface area contributed by atoms with Gasteiger partial charge in [0.1, 0.15) is 0 Å². The molecule has 240 valence electrons. The highest BCUT2D eigenvalue weighted by Gasteiger charge is 2.39. The second-order valence-corrected chi connectivity index (χ2v) is 13.6. The van der Waals surface area contributed by atoms with Crippen molar-refractivity contribution < 1.29 is 45.5 Å². The number of Topliss-reactive ketones (excluding diaryl/α,β-unsaturated/α-hetero) is 4. The van der Waals surface area contributed by atoms with Gasteiger partial charge in [-0.25, -0.2) is 0 Å². The van der Waals surface area contributed by atoms with Crippen LogP contribution < -0.4 is 0 Å². The molecule has 48 heavy (non-hydrogen) atoms. The van der Waals surface area contributed by atoms with Crippen molar-refractivity contribution in [2.24, 2.45) is 14.1 Å². The van der Waals surface area contributed by atoms with Gasteiger partial charge in [-0.1, -0.05) is 12.1 Å². The zero-order valence-corrected chi connectivity index (χ0v) is 26.0. The number of rotatable bonds is 2. The van der Waals surface area contributed by atoms with E-state index < -0.39 is 46.6 Å². The van der Waals surface area contributed by atoms with Gasteiger partial charge in [-0.05, 0) is 59.7 Å². The maximum absolute atomic E-state index is 13.2. The molecule has 0 bridgehead atoms. The van der Waals surface area contributed by atoms with Crippen LogP contribution in [0.3, 0.4) is 0 Å². The summed E-state index contributed by atoms with van der Waals surface area (Å²) in [6.07, 6.45) is -6.32. The third-order valence-electron chi connectivity index (χ3n) is 8.78. The van der Waals surface area contributed by atoms with Gasteiger partial charge < -0.3 is 9.13 Å². The molecule has 0 N–H and O–H groups in total. The zero-order valence-electron chi connectivity index (χ0n) is 24.4. The van der Waals surface area contributed by atoms with Crippen molar-refractivity contribution in [2.45, 2.75) is 12.4 Å². The first-order chi connectivity index (χ1) is 22.5. The predicted molar refractivity (Wildman–Crippen MR) is 170 cm³/mol. The van der Waals surface area contributed by atoms with Crippen LogP contribution in [0.25, 0.3) is 53.1 Å². The van der Waals surface area contributed by atoms with Gasteiger partial charge in [0.15, 0.2) is 0 Å². The number of alkyl halides is 6. The molecule has 0 atom stereocenters. The number of halogens is 6. The van der Waals surface area contributed by atoms with Gasteiger partial charge in [0.25, 0.3) is 0 Å². The van der Waals surface area contributed by atoms with Crippen LogP contribution in [0, 0.1) is 0 Å². The van der Waals surface area contributed by atoms with Crippen molar-refractivity contribution in [1.82, 2.24) is 9.13 Å². The normalized spacial score (nSPS) is 17.0. The second-order valence-electron chi connectivity index (χ2n) is 11.5. The lowest BCUT2D eigenvalue weighted by molar-refractivity contribution is -0.138. The molecule has 2 aliphatic rings. The van der Waals surface area contributed by atoms with Gasteiger partial charge in [-0.3, -0.25) is 19.2 Å². The Labute approximate surface area is 272 Å². The first-order valence-electron chi connectivity index (χ1n) is 14.1. The third kappa shape index (κ3) is 4.18. The quantitative estimate of drug-likeness (QED) is 0.103. The number of ketones is 4. The number of carbonyl (C=O) groups excluding carboxylic acids is 4. The monoisotopic (exact) mass is 694 g/mol. The molecule has 4 aromatic heterocycles. The Morgan fingerprint density at radius 1 is 0.542 bits per heavy atom. The lowest BCUT2D eigenvalue weighted by atomic mass is 10.0. The Morgan fingerprint density at radius 3 is 1.27 bits per heavy atom. The molecule has 8 rings (SSSR count). The van der Waals surface area contributed by atoms with E-state index in [9.17, 15) is 45.5 Å². The predicted octanol–water partition coefficient (Wildman–Crippen LogP) is 8.60. The molecule has 0 spiro atoms. The molecule has 0 saturated carbocycles. The number of hydrogen-bond donors (Lipinski definition) is 0. The van der Waals surface area contributed by atoms with Gasteiger partial charge in [0.2, 0.25) is 23.1 Å². The molecule has 4 heterocycles. The minimum absolute atomic E-state index is 0.0124. The molecule has 6 aromatic rings. The first-order valence-corrected chi connectivity index (χ1v) is 15.7. The van der Waals surface area contributed by atoms with E-state index in [0.29, 0.717) is 23.5 Å². The third-order valence-corrected chi connectivity index (χ3v) is 11.2. The highest BCUT2D eigenvalue weighted by Crippen LogP contribution is 2.47. The number of aryl methyl sites for hydroxylation is 2. The Hall–Kier alpha value is -5.08. The Bertz CT molecular complexity index is 2410. The average Bonchev–Trinajstić information content (AvgIpc) is 3.81. The summed E-state index contributed by atoms with van der Waals surface area (Å²) in [5.41, 5.74) is 0.548. The van der Waals surface area contributed by atoms with Gasteiger partial charge in [-0.2, -0.15) is 26.3 Å². The Kier molecular flexibility index (Phi) is 6.14. The summed E-state index contributed by atoms with van der Waals surface area (Å²) in [6.45, 7) is 0. The smallest absolute Gasteiger partial charge is 0.342 e. The molecular weight excluding hydrogens is 679 g/mol. The molecule has 0 aliphatic heterocycles. The standard InChI is InChI=1S/C34H16F6N2O4S2/c1-41-15(9-21-17-5-3-13(33(35,36)37)7-19(17)27(43)29(21)45)11-23-25(41)31-32(47-23)26-24(48-31)12-16(42(26)2)10-22-18-6-4-14(34(38,39)40)8-20(18)28(44)30(22)46/h3-12H,1-2H3/b21-9-,22-10-. The number of thiophene rings is 2. The van der Waals surface area contributed by atoms with E-state index in [2.05, 4.69) is 0 Å². The zero-order chi connectivity index (χ0) is 34.2. The number of benzene rings is 2. The van der Waals surface area contributed by atoms with Gasteiger partial charge in [-0.15, -0.1) is 22.7 Å². The van der Waals surface area contributed by atoms with E-state index in [-0.39, 0.29) is 33.4 Å². The van der Waals surface area contributed by atoms with Crippen molar-refractivity contribution in [3.8, 4) is 0 Å². The summed E-state index contributed by atoms with van der Waals surface area (Å²) in [5, 5.41) is 0. The van der Waals surface area contributed by atoms with Crippen molar-refractivity contribution >= 4 is 98.9 Å². The SMILES string of the molecule is Cn1c(/C=C2\C(=O)C(=O)c3cc(C(F)(F)F)ccc32)cc2sc3c(sc4cc(/C=C5\C(=O)C(=O)c6cc(C(F)(F)F)ccc65)n(C)c43)c21. The fraction of sp³-hybridized carbons (Fsp3) is 0.118. The van der Waals surface area contributed by atoms with Crippen LogP contribution in [0.1, 0.15) is 54.4 Å².